The quantitative estimate of drug-likeness (QED) is 0.786. The Morgan fingerprint density at radius 2 is 2.00 bits per heavy atom. The van der Waals surface area contributed by atoms with E-state index in [2.05, 4.69) is 5.10 Å². The molecule has 2 rings (SSSR count). The first kappa shape index (κ1) is 17.2. The minimum absolute atomic E-state index is 0.0759. The van der Waals surface area contributed by atoms with E-state index in [0.717, 1.165) is 0 Å². The second-order valence-corrected chi connectivity index (χ2v) is 5.59. The van der Waals surface area contributed by atoms with Gasteiger partial charge < -0.3 is 14.9 Å². The summed E-state index contributed by atoms with van der Waals surface area (Å²) < 4.78 is 7.02. The molecule has 0 aliphatic rings. The van der Waals surface area contributed by atoms with Crippen molar-refractivity contribution in [3.63, 3.8) is 0 Å². The number of hydrogen-bond acceptors (Lipinski definition) is 6. The molecule has 2 atom stereocenters. The van der Waals surface area contributed by atoms with Crippen LogP contribution in [0.2, 0.25) is 0 Å². The SMILES string of the molecule is CCOC(=O)C(O)n1nc(C(C)C)n2cc(C(C)O)cc2c1=O. The molecule has 0 aliphatic carbocycles. The van der Waals surface area contributed by atoms with Crippen LogP contribution in [0.4, 0.5) is 0 Å². The molecule has 126 valence electrons. The van der Waals surface area contributed by atoms with E-state index in [1.807, 2.05) is 13.8 Å². The number of aromatic nitrogens is 3. The van der Waals surface area contributed by atoms with Gasteiger partial charge in [-0.25, -0.2) is 4.79 Å². The summed E-state index contributed by atoms with van der Waals surface area (Å²) in [4.78, 5) is 24.2. The highest BCUT2D eigenvalue weighted by Gasteiger charge is 2.25. The number of carbonyl (C=O) groups excluding carboxylic acids is 1. The third-order valence-corrected chi connectivity index (χ3v) is 3.45. The average Bonchev–Trinajstić information content (AvgIpc) is 2.92. The fourth-order valence-electron chi connectivity index (χ4n) is 2.26. The van der Waals surface area contributed by atoms with E-state index in [9.17, 15) is 19.8 Å². The number of carbonyl (C=O) groups is 1. The molecule has 8 nitrogen and oxygen atoms in total. The molecule has 0 saturated heterocycles. The molecule has 0 bridgehead atoms. The van der Waals surface area contributed by atoms with Crippen LogP contribution in [0, 0.1) is 0 Å². The third-order valence-electron chi connectivity index (χ3n) is 3.45. The van der Waals surface area contributed by atoms with Gasteiger partial charge in [0.25, 0.3) is 5.56 Å². The lowest BCUT2D eigenvalue weighted by molar-refractivity contribution is -0.159. The molecule has 8 heteroatoms. The fourth-order valence-corrected chi connectivity index (χ4v) is 2.26. The summed E-state index contributed by atoms with van der Waals surface area (Å²) in [6.07, 6.45) is -0.933. The average molecular weight is 323 g/mol. The van der Waals surface area contributed by atoms with Crippen LogP contribution < -0.4 is 5.56 Å². The van der Waals surface area contributed by atoms with Gasteiger partial charge >= 0.3 is 5.97 Å². The number of hydrogen-bond donors (Lipinski definition) is 2. The Balaban J connectivity index is 2.70. The Labute approximate surface area is 132 Å². The number of aliphatic hydroxyl groups is 2. The molecule has 2 heterocycles. The smallest absolute Gasteiger partial charge is 0.358 e. The summed E-state index contributed by atoms with van der Waals surface area (Å²) >= 11 is 0. The van der Waals surface area contributed by atoms with Crippen molar-refractivity contribution in [2.75, 3.05) is 6.61 Å². The maximum atomic E-state index is 12.5. The number of aliphatic hydroxyl groups excluding tert-OH is 2. The van der Waals surface area contributed by atoms with Crippen LogP contribution in [0.15, 0.2) is 17.1 Å². The molecule has 0 aromatic carbocycles. The number of esters is 1. The van der Waals surface area contributed by atoms with Crippen molar-refractivity contribution in [3.05, 3.63) is 34.0 Å². The van der Waals surface area contributed by atoms with E-state index < -0.39 is 23.9 Å². The van der Waals surface area contributed by atoms with Gasteiger partial charge in [-0.05, 0) is 25.5 Å². The normalized spacial score (nSPS) is 14.2. The zero-order valence-corrected chi connectivity index (χ0v) is 13.6. The van der Waals surface area contributed by atoms with Crippen LogP contribution in [0.5, 0.6) is 0 Å². The predicted molar refractivity (Wildman–Crippen MR) is 82.1 cm³/mol. The molecule has 2 aromatic rings. The molecule has 23 heavy (non-hydrogen) atoms. The highest BCUT2D eigenvalue weighted by molar-refractivity contribution is 5.72. The molecule has 0 amide bonds. The van der Waals surface area contributed by atoms with Crippen molar-refractivity contribution in [2.45, 2.75) is 45.9 Å². The molecule has 0 radical (unpaired) electrons. The summed E-state index contributed by atoms with van der Waals surface area (Å²) in [5, 5.41) is 23.9. The van der Waals surface area contributed by atoms with Gasteiger partial charge in [-0.15, -0.1) is 0 Å². The molecule has 2 N–H and O–H groups in total. The maximum absolute atomic E-state index is 12.5. The summed E-state index contributed by atoms with van der Waals surface area (Å²) in [6.45, 7) is 7.01. The molecular formula is C15H21N3O5. The van der Waals surface area contributed by atoms with Gasteiger partial charge in [0.05, 0.1) is 12.7 Å². The topological polar surface area (TPSA) is 106 Å². The molecule has 0 spiro atoms. The Morgan fingerprint density at radius 3 is 2.52 bits per heavy atom. The van der Waals surface area contributed by atoms with Crippen LogP contribution in [-0.4, -0.2) is 37.0 Å². The Morgan fingerprint density at radius 1 is 1.35 bits per heavy atom. The van der Waals surface area contributed by atoms with E-state index >= 15 is 0 Å². The van der Waals surface area contributed by atoms with Crippen molar-refractivity contribution in [2.24, 2.45) is 0 Å². The number of ether oxygens (including phenoxy) is 1. The van der Waals surface area contributed by atoms with Gasteiger partial charge in [0.2, 0.25) is 6.23 Å². The Bertz CT molecular complexity index is 775. The summed E-state index contributed by atoms with van der Waals surface area (Å²) in [7, 11) is 0. The Kier molecular flexibility index (Phi) is 4.86. The van der Waals surface area contributed by atoms with Crippen LogP contribution in [0.1, 0.15) is 57.3 Å². The minimum atomic E-state index is -1.81. The summed E-state index contributed by atoms with van der Waals surface area (Å²) in [5.74, 6) is -0.536. The predicted octanol–water partition coefficient (Wildman–Crippen LogP) is 0.727. The lowest BCUT2D eigenvalue weighted by atomic mass is 10.2. The highest BCUT2D eigenvalue weighted by Crippen LogP contribution is 2.19. The first-order valence-corrected chi connectivity index (χ1v) is 7.45. The van der Waals surface area contributed by atoms with Crippen molar-refractivity contribution in [1.29, 1.82) is 0 Å². The summed E-state index contributed by atoms with van der Waals surface area (Å²) in [6, 6.07) is 1.52. The Hall–Kier alpha value is -2.19. The van der Waals surface area contributed by atoms with E-state index in [0.29, 0.717) is 16.1 Å². The molecule has 0 aliphatic heterocycles. The van der Waals surface area contributed by atoms with Crippen LogP contribution in [0.3, 0.4) is 0 Å². The zero-order chi connectivity index (χ0) is 17.3. The molecule has 0 fully saturated rings. The van der Waals surface area contributed by atoms with Gasteiger partial charge in [0, 0.05) is 12.1 Å². The standard InChI is InChI=1S/C15H21N3O5/c1-5-23-15(22)14(21)18-13(20)11-6-10(9(4)19)7-17(11)12(16-18)8(2)3/h6-9,14,19,21H,5H2,1-4H3. The van der Waals surface area contributed by atoms with Gasteiger partial charge in [0.1, 0.15) is 11.3 Å². The van der Waals surface area contributed by atoms with Gasteiger partial charge in [0.15, 0.2) is 0 Å². The first-order chi connectivity index (χ1) is 10.8. The molecule has 2 unspecified atom stereocenters. The van der Waals surface area contributed by atoms with E-state index in [4.69, 9.17) is 4.74 Å². The van der Waals surface area contributed by atoms with Crippen LogP contribution in [0.25, 0.3) is 5.52 Å². The monoisotopic (exact) mass is 323 g/mol. The van der Waals surface area contributed by atoms with Crippen molar-refractivity contribution < 1.29 is 19.7 Å². The van der Waals surface area contributed by atoms with Crippen molar-refractivity contribution in [3.8, 4) is 0 Å². The van der Waals surface area contributed by atoms with Gasteiger partial charge in [-0.1, -0.05) is 13.8 Å². The largest absolute Gasteiger partial charge is 0.463 e. The molecule has 2 aromatic heterocycles. The number of fused-ring (bicyclic) bond motifs is 1. The lowest BCUT2D eigenvalue weighted by Crippen LogP contribution is -2.35. The van der Waals surface area contributed by atoms with Crippen LogP contribution >= 0.6 is 0 Å². The lowest BCUT2D eigenvalue weighted by Gasteiger charge is -2.15. The third kappa shape index (κ3) is 3.13. The van der Waals surface area contributed by atoms with Crippen LogP contribution in [-0.2, 0) is 9.53 Å². The van der Waals surface area contributed by atoms with Crippen molar-refractivity contribution in [1.82, 2.24) is 14.2 Å². The van der Waals surface area contributed by atoms with Crippen molar-refractivity contribution >= 4 is 11.5 Å². The first-order valence-electron chi connectivity index (χ1n) is 7.45. The minimum Gasteiger partial charge on any atom is -0.463 e. The van der Waals surface area contributed by atoms with Gasteiger partial charge in [-0.3, -0.25) is 9.20 Å². The molecular weight excluding hydrogens is 302 g/mol. The molecule has 0 saturated carbocycles. The second kappa shape index (κ2) is 6.51. The number of rotatable bonds is 5. The fraction of sp³-hybridized carbons (Fsp3) is 0.533. The zero-order valence-electron chi connectivity index (χ0n) is 13.6. The number of nitrogens with zero attached hydrogens (tertiary/aromatic N) is 3. The van der Waals surface area contributed by atoms with E-state index in [-0.39, 0.29) is 18.0 Å². The van der Waals surface area contributed by atoms with E-state index in [1.165, 1.54) is 6.07 Å². The highest BCUT2D eigenvalue weighted by atomic mass is 16.5. The van der Waals surface area contributed by atoms with Gasteiger partial charge in [-0.2, -0.15) is 9.78 Å². The second-order valence-electron chi connectivity index (χ2n) is 5.59. The summed E-state index contributed by atoms with van der Waals surface area (Å²) in [5.41, 5.74) is 0.138. The van der Waals surface area contributed by atoms with E-state index in [1.54, 1.807) is 24.4 Å². The maximum Gasteiger partial charge on any atom is 0.358 e.